The molecule has 0 aromatic heterocycles. The van der Waals surface area contributed by atoms with E-state index in [0.717, 1.165) is 11.8 Å². The van der Waals surface area contributed by atoms with Gasteiger partial charge in [-0.2, -0.15) is 0 Å². The highest BCUT2D eigenvalue weighted by Gasteiger charge is 2.45. The quantitative estimate of drug-likeness (QED) is 0.619. The number of hydrogen-bond donors (Lipinski definition) is 1. The molecule has 68 valence electrons. The van der Waals surface area contributed by atoms with E-state index in [2.05, 4.69) is 10.1 Å². The molecule has 0 radical (unpaired) electrons. The van der Waals surface area contributed by atoms with Crippen molar-refractivity contribution in [1.82, 2.24) is 5.32 Å². The number of amides is 1. The van der Waals surface area contributed by atoms with Crippen molar-refractivity contribution in [3.8, 4) is 0 Å². The highest BCUT2D eigenvalue weighted by Crippen LogP contribution is 2.34. The third kappa shape index (κ3) is 1.55. The fourth-order valence-corrected chi connectivity index (χ4v) is 2.01. The predicted octanol–water partition coefficient (Wildman–Crippen LogP) is 0.763. The van der Waals surface area contributed by atoms with Crippen molar-refractivity contribution < 1.29 is 14.3 Å². The Kier molecular flexibility index (Phi) is 2.32. The van der Waals surface area contributed by atoms with Crippen LogP contribution in [0.3, 0.4) is 0 Å². The fraction of sp³-hybridized carbons (Fsp3) is 0.714. The Balaban J connectivity index is 2.78. The summed E-state index contributed by atoms with van der Waals surface area (Å²) in [6.07, 6.45) is 0. The number of ether oxygens (including phenoxy) is 1. The maximum atomic E-state index is 11.1. The number of thioether (sulfide) groups is 1. The number of nitrogens with one attached hydrogen (secondary N) is 1. The molecule has 4 nitrogen and oxygen atoms in total. The lowest BCUT2D eigenvalue weighted by Gasteiger charge is -2.21. The minimum atomic E-state index is -0.528. The molecule has 0 aromatic rings. The van der Waals surface area contributed by atoms with Crippen LogP contribution in [0.4, 0.5) is 4.79 Å². The van der Waals surface area contributed by atoms with E-state index in [4.69, 9.17) is 0 Å². The summed E-state index contributed by atoms with van der Waals surface area (Å²) in [5, 5.41) is 2.37. The molecule has 1 saturated heterocycles. The topological polar surface area (TPSA) is 55.4 Å². The van der Waals surface area contributed by atoms with Gasteiger partial charge in [-0.25, -0.2) is 4.79 Å². The standard InChI is InChI=1S/C7H11NO3S/c1-7(2)4(5(9)11-3)8-6(10)12-7/h4H,1-3H3,(H,8,10). The maximum Gasteiger partial charge on any atom is 0.329 e. The lowest BCUT2D eigenvalue weighted by Crippen LogP contribution is -2.44. The van der Waals surface area contributed by atoms with Crippen LogP contribution < -0.4 is 5.32 Å². The van der Waals surface area contributed by atoms with Crippen molar-refractivity contribution in [2.24, 2.45) is 0 Å². The SMILES string of the molecule is COC(=O)C1NC(=O)SC1(C)C. The van der Waals surface area contributed by atoms with Crippen LogP contribution in [-0.2, 0) is 9.53 Å². The first-order valence-electron chi connectivity index (χ1n) is 3.54. The van der Waals surface area contributed by atoms with Gasteiger partial charge in [-0.05, 0) is 13.8 Å². The molecular weight excluding hydrogens is 178 g/mol. The van der Waals surface area contributed by atoms with Crippen molar-refractivity contribution >= 4 is 23.0 Å². The van der Waals surface area contributed by atoms with Gasteiger partial charge < -0.3 is 10.1 Å². The molecule has 0 aliphatic carbocycles. The van der Waals surface area contributed by atoms with Crippen LogP contribution >= 0.6 is 11.8 Å². The van der Waals surface area contributed by atoms with Gasteiger partial charge in [0, 0.05) is 0 Å². The maximum absolute atomic E-state index is 11.1. The van der Waals surface area contributed by atoms with E-state index >= 15 is 0 Å². The van der Waals surface area contributed by atoms with Gasteiger partial charge in [0.2, 0.25) is 0 Å². The summed E-state index contributed by atoms with van der Waals surface area (Å²) >= 11 is 1.12. The summed E-state index contributed by atoms with van der Waals surface area (Å²) in [6, 6.07) is -0.528. The smallest absolute Gasteiger partial charge is 0.329 e. The molecule has 1 rings (SSSR count). The second kappa shape index (κ2) is 2.97. The van der Waals surface area contributed by atoms with Crippen molar-refractivity contribution in [3.05, 3.63) is 0 Å². The van der Waals surface area contributed by atoms with Gasteiger partial charge in [0.15, 0.2) is 0 Å². The van der Waals surface area contributed by atoms with Crippen LogP contribution in [0.2, 0.25) is 0 Å². The van der Waals surface area contributed by atoms with Crippen molar-refractivity contribution in [2.45, 2.75) is 24.6 Å². The number of carbonyl (C=O) groups excluding carboxylic acids is 2. The molecule has 0 aromatic carbocycles. The van der Waals surface area contributed by atoms with Crippen LogP contribution in [-0.4, -0.2) is 29.1 Å². The Morgan fingerprint density at radius 3 is 2.58 bits per heavy atom. The van der Waals surface area contributed by atoms with Crippen molar-refractivity contribution in [2.75, 3.05) is 7.11 Å². The molecule has 1 amide bonds. The van der Waals surface area contributed by atoms with E-state index in [9.17, 15) is 9.59 Å². The molecule has 5 heteroatoms. The van der Waals surface area contributed by atoms with Gasteiger partial charge in [0.05, 0.1) is 11.9 Å². The Bertz CT molecular complexity index is 227. The molecule has 1 N–H and O–H groups in total. The van der Waals surface area contributed by atoms with E-state index in [1.807, 2.05) is 13.8 Å². The summed E-state index contributed by atoms with van der Waals surface area (Å²) in [7, 11) is 1.31. The van der Waals surface area contributed by atoms with E-state index in [-0.39, 0.29) is 5.24 Å². The molecule has 1 fully saturated rings. The molecule has 1 heterocycles. The Morgan fingerprint density at radius 2 is 2.25 bits per heavy atom. The molecule has 1 aliphatic rings. The third-order valence-electron chi connectivity index (χ3n) is 1.75. The van der Waals surface area contributed by atoms with Gasteiger partial charge in [0.25, 0.3) is 5.24 Å². The summed E-state index contributed by atoms with van der Waals surface area (Å²) in [5.74, 6) is -0.390. The minimum absolute atomic E-state index is 0.171. The zero-order valence-corrected chi connectivity index (χ0v) is 8.03. The van der Waals surface area contributed by atoms with E-state index in [0.29, 0.717) is 0 Å². The van der Waals surface area contributed by atoms with Gasteiger partial charge in [-0.1, -0.05) is 11.8 Å². The number of esters is 1. The van der Waals surface area contributed by atoms with Gasteiger partial charge in [-0.3, -0.25) is 4.79 Å². The highest BCUT2D eigenvalue weighted by molar-refractivity contribution is 8.15. The summed E-state index contributed by atoms with van der Waals surface area (Å²) in [6.45, 7) is 3.66. The molecule has 0 saturated carbocycles. The number of carbonyl (C=O) groups is 2. The lowest BCUT2D eigenvalue weighted by atomic mass is 10.0. The monoisotopic (exact) mass is 189 g/mol. The molecule has 1 aliphatic heterocycles. The van der Waals surface area contributed by atoms with Crippen molar-refractivity contribution in [3.63, 3.8) is 0 Å². The Morgan fingerprint density at radius 1 is 1.67 bits per heavy atom. The molecule has 12 heavy (non-hydrogen) atoms. The number of hydrogen-bond acceptors (Lipinski definition) is 4. The van der Waals surface area contributed by atoms with E-state index in [1.165, 1.54) is 7.11 Å². The average Bonchev–Trinajstić information content (AvgIpc) is 2.23. The zero-order valence-electron chi connectivity index (χ0n) is 7.21. The predicted molar refractivity (Wildman–Crippen MR) is 46.0 cm³/mol. The fourth-order valence-electron chi connectivity index (χ4n) is 1.08. The first kappa shape index (κ1) is 9.38. The molecule has 1 unspecified atom stereocenters. The minimum Gasteiger partial charge on any atom is -0.467 e. The Hall–Kier alpha value is -0.710. The van der Waals surface area contributed by atoms with Gasteiger partial charge >= 0.3 is 5.97 Å². The van der Waals surface area contributed by atoms with Crippen LogP contribution in [0.5, 0.6) is 0 Å². The number of rotatable bonds is 1. The van der Waals surface area contributed by atoms with E-state index < -0.39 is 16.8 Å². The van der Waals surface area contributed by atoms with E-state index in [1.54, 1.807) is 0 Å². The van der Waals surface area contributed by atoms with Crippen LogP contribution in [0, 0.1) is 0 Å². The summed E-state index contributed by atoms with van der Waals surface area (Å²) in [4.78, 5) is 22.1. The molecular formula is C7H11NO3S. The number of methoxy groups -OCH3 is 1. The van der Waals surface area contributed by atoms with Crippen molar-refractivity contribution in [1.29, 1.82) is 0 Å². The first-order chi connectivity index (χ1) is 5.47. The average molecular weight is 189 g/mol. The largest absolute Gasteiger partial charge is 0.467 e. The zero-order chi connectivity index (χ0) is 9.35. The van der Waals surface area contributed by atoms with Crippen LogP contribution in [0.15, 0.2) is 0 Å². The second-order valence-electron chi connectivity index (χ2n) is 3.09. The Labute approximate surface area is 75.0 Å². The first-order valence-corrected chi connectivity index (χ1v) is 4.36. The van der Waals surface area contributed by atoms with Crippen LogP contribution in [0.1, 0.15) is 13.8 Å². The highest BCUT2D eigenvalue weighted by atomic mass is 32.2. The van der Waals surface area contributed by atoms with Gasteiger partial charge in [-0.15, -0.1) is 0 Å². The lowest BCUT2D eigenvalue weighted by molar-refractivity contribution is -0.143. The third-order valence-corrected chi connectivity index (χ3v) is 2.82. The second-order valence-corrected chi connectivity index (χ2v) is 4.72. The van der Waals surface area contributed by atoms with Gasteiger partial charge in [0.1, 0.15) is 6.04 Å². The molecule has 0 spiro atoms. The molecule has 0 bridgehead atoms. The molecule has 1 atom stereocenters. The van der Waals surface area contributed by atoms with Crippen LogP contribution in [0.25, 0.3) is 0 Å². The normalized spacial score (nSPS) is 26.6. The summed E-state index contributed by atoms with van der Waals surface area (Å²) < 4.78 is 4.14. The summed E-state index contributed by atoms with van der Waals surface area (Å²) in [5.41, 5.74) is 0.